The quantitative estimate of drug-likeness (QED) is 0.559. The summed E-state index contributed by atoms with van der Waals surface area (Å²) in [4.78, 5) is 21.0. The van der Waals surface area contributed by atoms with Crippen LogP contribution in [-0.2, 0) is 0 Å². The summed E-state index contributed by atoms with van der Waals surface area (Å²) in [5, 5.41) is 2.79. The molecule has 8 heteroatoms. The molecule has 5 rings (SSSR count). The molecule has 182 valence electrons. The van der Waals surface area contributed by atoms with Gasteiger partial charge in [0.1, 0.15) is 18.2 Å². The van der Waals surface area contributed by atoms with Gasteiger partial charge in [0, 0.05) is 49.0 Å². The fraction of sp³-hybridized carbons (Fsp3) is 0.333. The third-order valence-corrected chi connectivity index (χ3v) is 6.78. The number of halogens is 1. The van der Waals surface area contributed by atoms with Crippen molar-refractivity contribution in [1.82, 2.24) is 15.2 Å². The van der Waals surface area contributed by atoms with Crippen molar-refractivity contribution in [3.63, 3.8) is 0 Å². The van der Waals surface area contributed by atoms with E-state index in [-0.39, 0.29) is 11.7 Å². The molecule has 3 heterocycles. The highest BCUT2D eigenvalue weighted by atomic mass is 19.1. The van der Waals surface area contributed by atoms with E-state index in [0.717, 1.165) is 37.4 Å². The standard InChI is InChI=1S/C27H30FN5O2/c1-17(2)32-10-12-33(13-11-32)20-6-3-18(4-7-20)22-16-23(26(29)31-25(22)28)19-5-8-21-24(15-19)35-14-9-30-27(21)34/h3-8,15-17H,9-14H2,1-2H3,(H2,29,31)(H,30,34). The Balaban J connectivity index is 1.42. The number of pyridine rings is 1. The van der Waals surface area contributed by atoms with Crippen molar-refractivity contribution in [2.75, 3.05) is 50.0 Å². The van der Waals surface area contributed by atoms with Gasteiger partial charge in [-0.1, -0.05) is 18.2 Å². The second-order valence-electron chi connectivity index (χ2n) is 9.24. The van der Waals surface area contributed by atoms with E-state index < -0.39 is 5.95 Å². The van der Waals surface area contributed by atoms with Crippen molar-refractivity contribution in [3.05, 3.63) is 60.0 Å². The Morgan fingerprint density at radius 3 is 2.40 bits per heavy atom. The smallest absolute Gasteiger partial charge is 0.255 e. The summed E-state index contributed by atoms with van der Waals surface area (Å²) in [5.41, 5.74) is 10.1. The maximum atomic E-state index is 14.9. The second kappa shape index (κ2) is 9.54. The fourth-order valence-corrected chi connectivity index (χ4v) is 4.70. The van der Waals surface area contributed by atoms with Crippen LogP contribution in [0.25, 0.3) is 22.3 Å². The van der Waals surface area contributed by atoms with Gasteiger partial charge in [-0.2, -0.15) is 4.39 Å². The Hall–Kier alpha value is -3.65. The lowest BCUT2D eigenvalue weighted by atomic mass is 9.99. The largest absolute Gasteiger partial charge is 0.491 e. The predicted octanol–water partition coefficient (Wildman–Crippen LogP) is 3.79. The average molecular weight is 476 g/mol. The molecule has 1 saturated heterocycles. The first-order valence-electron chi connectivity index (χ1n) is 12.0. The summed E-state index contributed by atoms with van der Waals surface area (Å²) in [6.07, 6.45) is 0. The van der Waals surface area contributed by atoms with Crippen molar-refractivity contribution < 1.29 is 13.9 Å². The second-order valence-corrected chi connectivity index (χ2v) is 9.24. The van der Waals surface area contributed by atoms with Crippen LogP contribution in [0, 0.1) is 5.95 Å². The van der Waals surface area contributed by atoms with Crippen LogP contribution in [0.4, 0.5) is 15.9 Å². The predicted molar refractivity (Wildman–Crippen MR) is 136 cm³/mol. The van der Waals surface area contributed by atoms with Gasteiger partial charge in [-0.25, -0.2) is 4.98 Å². The molecule has 0 bridgehead atoms. The number of nitrogens with two attached hydrogens (primary N) is 1. The molecular weight excluding hydrogens is 445 g/mol. The number of aromatic nitrogens is 1. The zero-order chi connectivity index (χ0) is 24.5. The first-order valence-corrected chi connectivity index (χ1v) is 12.0. The van der Waals surface area contributed by atoms with Crippen molar-refractivity contribution in [1.29, 1.82) is 0 Å². The summed E-state index contributed by atoms with van der Waals surface area (Å²) >= 11 is 0. The Labute approximate surface area is 204 Å². The van der Waals surface area contributed by atoms with Gasteiger partial charge < -0.3 is 20.7 Å². The summed E-state index contributed by atoms with van der Waals surface area (Å²) < 4.78 is 20.6. The Morgan fingerprint density at radius 1 is 0.971 bits per heavy atom. The van der Waals surface area contributed by atoms with E-state index in [4.69, 9.17) is 10.5 Å². The Kier molecular flexibility index (Phi) is 6.30. The number of benzene rings is 2. The van der Waals surface area contributed by atoms with Crippen LogP contribution >= 0.6 is 0 Å². The van der Waals surface area contributed by atoms with Crippen LogP contribution in [0.5, 0.6) is 5.75 Å². The summed E-state index contributed by atoms with van der Waals surface area (Å²) in [6.45, 7) is 9.28. The molecule has 0 radical (unpaired) electrons. The number of nitrogens with one attached hydrogen (secondary N) is 1. The minimum absolute atomic E-state index is 0.0870. The van der Waals surface area contributed by atoms with E-state index in [2.05, 4.69) is 33.9 Å². The lowest BCUT2D eigenvalue weighted by Gasteiger charge is -2.38. The number of amides is 1. The van der Waals surface area contributed by atoms with Gasteiger partial charge in [0.15, 0.2) is 0 Å². The molecule has 1 aromatic heterocycles. The van der Waals surface area contributed by atoms with E-state index in [1.165, 1.54) is 0 Å². The molecule has 3 aromatic rings. The number of nitrogen functional groups attached to an aromatic ring is 1. The van der Waals surface area contributed by atoms with E-state index in [1.807, 2.05) is 24.3 Å². The van der Waals surface area contributed by atoms with Crippen LogP contribution in [0.2, 0.25) is 0 Å². The van der Waals surface area contributed by atoms with Crippen LogP contribution in [0.15, 0.2) is 48.5 Å². The molecular formula is C27H30FN5O2. The minimum Gasteiger partial charge on any atom is -0.491 e. The maximum Gasteiger partial charge on any atom is 0.255 e. The topological polar surface area (TPSA) is 83.7 Å². The van der Waals surface area contributed by atoms with E-state index in [0.29, 0.717) is 47.2 Å². The molecule has 0 spiro atoms. The highest BCUT2D eigenvalue weighted by Gasteiger charge is 2.21. The molecule has 1 amide bonds. The molecule has 0 saturated carbocycles. The van der Waals surface area contributed by atoms with Crippen molar-refractivity contribution in [2.45, 2.75) is 19.9 Å². The molecule has 35 heavy (non-hydrogen) atoms. The summed E-state index contributed by atoms with van der Waals surface area (Å²) in [7, 11) is 0. The molecule has 7 nitrogen and oxygen atoms in total. The van der Waals surface area contributed by atoms with Crippen LogP contribution in [-0.4, -0.2) is 61.2 Å². The monoisotopic (exact) mass is 475 g/mol. The SMILES string of the molecule is CC(C)N1CCN(c2ccc(-c3cc(-c4ccc5c(c4)OCCNC5=O)c(N)nc3F)cc2)CC1. The first kappa shape index (κ1) is 23.1. The number of ether oxygens (including phenoxy) is 1. The van der Waals surface area contributed by atoms with Gasteiger partial charge >= 0.3 is 0 Å². The number of carbonyl (C=O) groups is 1. The molecule has 3 N–H and O–H groups in total. The normalized spacial score (nSPS) is 16.5. The van der Waals surface area contributed by atoms with Gasteiger partial charge in [-0.3, -0.25) is 9.69 Å². The van der Waals surface area contributed by atoms with Gasteiger partial charge in [-0.15, -0.1) is 0 Å². The van der Waals surface area contributed by atoms with Crippen LogP contribution in [0.1, 0.15) is 24.2 Å². The zero-order valence-electron chi connectivity index (χ0n) is 20.1. The molecule has 1 fully saturated rings. The van der Waals surface area contributed by atoms with Crippen molar-refractivity contribution >= 4 is 17.4 Å². The molecule has 2 aliphatic heterocycles. The van der Waals surface area contributed by atoms with Gasteiger partial charge in [0.05, 0.1) is 12.1 Å². The van der Waals surface area contributed by atoms with Gasteiger partial charge in [0.25, 0.3) is 5.91 Å². The summed E-state index contributed by atoms with van der Waals surface area (Å²) in [6, 6.07) is 15.4. The Morgan fingerprint density at radius 2 is 1.69 bits per heavy atom. The number of nitrogens with zero attached hydrogens (tertiary/aromatic N) is 3. The lowest BCUT2D eigenvalue weighted by Crippen LogP contribution is -2.48. The van der Waals surface area contributed by atoms with E-state index in [1.54, 1.807) is 24.3 Å². The van der Waals surface area contributed by atoms with Gasteiger partial charge in [0.2, 0.25) is 5.95 Å². The third kappa shape index (κ3) is 4.66. The number of anilines is 2. The van der Waals surface area contributed by atoms with Crippen LogP contribution in [0.3, 0.4) is 0 Å². The molecule has 2 aliphatic rings. The number of piperazine rings is 1. The molecule has 0 unspecified atom stereocenters. The van der Waals surface area contributed by atoms with Crippen molar-refractivity contribution in [2.24, 2.45) is 0 Å². The highest BCUT2D eigenvalue weighted by molar-refractivity contribution is 5.98. The van der Waals surface area contributed by atoms with E-state index in [9.17, 15) is 9.18 Å². The minimum atomic E-state index is -0.616. The number of fused-ring (bicyclic) bond motifs is 1. The highest BCUT2D eigenvalue weighted by Crippen LogP contribution is 2.35. The number of hydrogen-bond donors (Lipinski definition) is 2. The van der Waals surface area contributed by atoms with Gasteiger partial charge in [-0.05, 0) is 55.3 Å². The molecule has 0 aliphatic carbocycles. The third-order valence-electron chi connectivity index (χ3n) is 6.78. The van der Waals surface area contributed by atoms with Crippen LogP contribution < -0.4 is 20.7 Å². The molecule has 0 atom stereocenters. The van der Waals surface area contributed by atoms with Crippen molar-refractivity contribution in [3.8, 4) is 28.0 Å². The zero-order valence-corrected chi connectivity index (χ0v) is 20.1. The first-order chi connectivity index (χ1) is 16.9. The Bertz CT molecular complexity index is 1240. The summed E-state index contributed by atoms with van der Waals surface area (Å²) in [5.74, 6) is -0.232. The number of hydrogen-bond acceptors (Lipinski definition) is 6. The number of carbonyl (C=O) groups excluding carboxylic acids is 1. The molecule has 2 aromatic carbocycles. The lowest BCUT2D eigenvalue weighted by molar-refractivity contribution is 0.0957. The average Bonchev–Trinajstić information content (AvgIpc) is 3.05. The van der Waals surface area contributed by atoms with E-state index >= 15 is 0 Å². The fourth-order valence-electron chi connectivity index (χ4n) is 4.70. The number of rotatable bonds is 4. The maximum absolute atomic E-state index is 14.9.